The first kappa shape index (κ1) is 13.1. The topological polar surface area (TPSA) is 0 Å². The lowest BCUT2D eigenvalue weighted by atomic mass is 9.55. The van der Waals surface area contributed by atoms with Gasteiger partial charge in [0.1, 0.15) is 0 Å². The van der Waals surface area contributed by atoms with Gasteiger partial charge in [-0.3, -0.25) is 0 Å². The van der Waals surface area contributed by atoms with Gasteiger partial charge in [0.25, 0.3) is 0 Å². The van der Waals surface area contributed by atoms with Gasteiger partial charge in [0.15, 0.2) is 0 Å². The Balaban J connectivity index is 2.40. The van der Waals surface area contributed by atoms with E-state index in [1.165, 1.54) is 19.3 Å². The van der Waals surface area contributed by atoms with Crippen molar-refractivity contribution in [3.8, 4) is 0 Å². The Morgan fingerprint density at radius 1 is 1.07 bits per heavy atom. The molecular formula is C15H30. The lowest BCUT2D eigenvalue weighted by Gasteiger charge is -2.50. The van der Waals surface area contributed by atoms with Crippen molar-refractivity contribution in [2.45, 2.75) is 60.8 Å². The highest BCUT2D eigenvalue weighted by Gasteiger charge is 2.42. The van der Waals surface area contributed by atoms with Crippen LogP contribution in [0.15, 0.2) is 0 Å². The molecule has 1 saturated carbocycles. The van der Waals surface area contributed by atoms with Gasteiger partial charge in [-0.2, -0.15) is 0 Å². The van der Waals surface area contributed by atoms with E-state index in [-0.39, 0.29) is 0 Å². The Bertz CT molecular complexity index is 182. The molecule has 5 atom stereocenters. The van der Waals surface area contributed by atoms with Crippen molar-refractivity contribution in [2.75, 3.05) is 0 Å². The van der Waals surface area contributed by atoms with Crippen LogP contribution in [0.4, 0.5) is 0 Å². The fraction of sp³-hybridized carbons (Fsp3) is 1.00. The van der Waals surface area contributed by atoms with Crippen LogP contribution in [-0.2, 0) is 0 Å². The maximum absolute atomic E-state index is 2.49. The van der Waals surface area contributed by atoms with Gasteiger partial charge in [0.05, 0.1) is 0 Å². The molecule has 0 amide bonds. The number of hydrogen-bond donors (Lipinski definition) is 0. The van der Waals surface area contributed by atoms with Crippen molar-refractivity contribution in [3.63, 3.8) is 0 Å². The van der Waals surface area contributed by atoms with Gasteiger partial charge in [-0.05, 0) is 41.9 Å². The van der Waals surface area contributed by atoms with Crippen LogP contribution in [0, 0.1) is 35.5 Å². The predicted molar refractivity (Wildman–Crippen MR) is 68.8 cm³/mol. The van der Waals surface area contributed by atoms with E-state index in [1.807, 2.05) is 0 Å². The molecule has 0 spiro atoms. The van der Waals surface area contributed by atoms with Gasteiger partial charge in [-0.25, -0.2) is 0 Å². The SMILES string of the molecule is CCCC(C)C1CC(C(C)C(C)C)C1C. The van der Waals surface area contributed by atoms with Crippen LogP contribution in [0.5, 0.6) is 0 Å². The highest BCUT2D eigenvalue weighted by molar-refractivity contribution is 4.91. The zero-order chi connectivity index (χ0) is 11.6. The summed E-state index contributed by atoms with van der Waals surface area (Å²) in [6.45, 7) is 14.5. The van der Waals surface area contributed by atoms with E-state index in [9.17, 15) is 0 Å². The highest BCUT2D eigenvalue weighted by atomic mass is 14.5. The Hall–Kier alpha value is 0. The number of rotatable bonds is 5. The third-order valence-corrected chi connectivity index (χ3v) is 5.10. The quantitative estimate of drug-likeness (QED) is 0.600. The lowest BCUT2D eigenvalue weighted by molar-refractivity contribution is -0.00873. The summed E-state index contributed by atoms with van der Waals surface area (Å²) < 4.78 is 0. The van der Waals surface area contributed by atoms with E-state index in [4.69, 9.17) is 0 Å². The predicted octanol–water partition coefficient (Wildman–Crippen LogP) is 4.99. The van der Waals surface area contributed by atoms with Crippen LogP contribution in [0.2, 0.25) is 0 Å². The van der Waals surface area contributed by atoms with Crippen molar-refractivity contribution in [2.24, 2.45) is 35.5 Å². The van der Waals surface area contributed by atoms with Gasteiger partial charge in [-0.1, -0.05) is 54.4 Å². The van der Waals surface area contributed by atoms with Gasteiger partial charge in [0, 0.05) is 0 Å². The molecule has 0 aliphatic heterocycles. The zero-order valence-corrected chi connectivity index (χ0v) is 11.6. The van der Waals surface area contributed by atoms with Crippen molar-refractivity contribution in [1.82, 2.24) is 0 Å². The summed E-state index contributed by atoms with van der Waals surface area (Å²) in [4.78, 5) is 0. The molecule has 0 saturated heterocycles. The second kappa shape index (κ2) is 5.37. The van der Waals surface area contributed by atoms with Crippen molar-refractivity contribution in [1.29, 1.82) is 0 Å². The Kier molecular flexibility index (Phi) is 4.67. The van der Waals surface area contributed by atoms with Gasteiger partial charge >= 0.3 is 0 Å². The molecule has 15 heavy (non-hydrogen) atoms. The van der Waals surface area contributed by atoms with Gasteiger partial charge < -0.3 is 0 Å². The van der Waals surface area contributed by atoms with E-state index >= 15 is 0 Å². The summed E-state index contributed by atoms with van der Waals surface area (Å²) in [5.41, 5.74) is 0. The van der Waals surface area contributed by atoms with Crippen LogP contribution >= 0.6 is 0 Å². The molecule has 0 heterocycles. The summed E-state index contributed by atoms with van der Waals surface area (Å²) in [5.74, 6) is 5.75. The molecule has 5 unspecified atom stereocenters. The van der Waals surface area contributed by atoms with E-state index in [0.717, 1.165) is 35.5 Å². The van der Waals surface area contributed by atoms with E-state index in [0.29, 0.717) is 0 Å². The summed E-state index contributed by atoms with van der Waals surface area (Å²) in [6.07, 6.45) is 4.29. The molecule has 1 fully saturated rings. The van der Waals surface area contributed by atoms with Crippen molar-refractivity contribution >= 4 is 0 Å². The molecule has 0 radical (unpaired) electrons. The Morgan fingerprint density at radius 3 is 2.07 bits per heavy atom. The van der Waals surface area contributed by atoms with Crippen molar-refractivity contribution in [3.05, 3.63) is 0 Å². The average Bonchev–Trinajstić information content (AvgIpc) is 2.15. The molecule has 0 N–H and O–H groups in total. The summed E-state index contributed by atoms with van der Waals surface area (Å²) in [6, 6.07) is 0. The molecular weight excluding hydrogens is 180 g/mol. The van der Waals surface area contributed by atoms with Crippen LogP contribution in [-0.4, -0.2) is 0 Å². The van der Waals surface area contributed by atoms with Crippen LogP contribution in [0.3, 0.4) is 0 Å². The molecule has 0 aromatic heterocycles. The second-order valence-corrected chi connectivity index (χ2v) is 6.29. The molecule has 1 rings (SSSR count). The van der Waals surface area contributed by atoms with Crippen LogP contribution in [0.1, 0.15) is 60.8 Å². The molecule has 90 valence electrons. The minimum absolute atomic E-state index is 0.861. The molecule has 0 heteroatoms. The molecule has 0 nitrogen and oxygen atoms in total. The minimum Gasteiger partial charge on any atom is -0.0654 e. The van der Waals surface area contributed by atoms with E-state index < -0.39 is 0 Å². The van der Waals surface area contributed by atoms with Crippen LogP contribution in [0.25, 0.3) is 0 Å². The largest absolute Gasteiger partial charge is 0.0654 e. The number of hydrogen-bond acceptors (Lipinski definition) is 0. The molecule has 1 aliphatic rings. The second-order valence-electron chi connectivity index (χ2n) is 6.29. The minimum atomic E-state index is 0.861. The third-order valence-electron chi connectivity index (χ3n) is 5.10. The monoisotopic (exact) mass is 210 g/mol. The molecule has 1 aliphatic carbocycles. The maximum Gasteiger partial charge on any atom is -0.0355 e. The van der Waals surface area contributed by atoms with Crippen LogP contribution < -0.4 is 0 Å². The lowest BCUT2D eigenvalue weighted by Crippen LogP contribution is -2.43. The van der Waals surface area contributed by atoms with Gasteiger partial charge in [0.2, 0.25) is 0 Å². The standard InChI is InChI=1S/C15H30/c1-7-8-11(4)14-9-15(13(14)6)12(5)10(2)3/h10-15H,7-9H2,1-6H3. The summed E-state index contributed by atoms with van der Waals surface area (Å²) in [7, 11) is 0. The highest BCUT2D eigenvalue weighted by Crippen LogP contribution is 2.50. The van der Waals surface area contributed by atoms with E-state index in [1.54, 1.807) is 0 Å². The third kappa shape index (κ3) is 2.77. The first-order valence-electron chi connectivity index (χ1n) is 6.99. The first-order valence-corrected chi connectivity index (χ1v) is 6.99. The molecule has 0 aromatic rings. The van der Waals surface area contributed by atoms with Gasteiger partial charge in [-0.15, -0.1) is 0 Å². The normalized spacial score (nSPS) is 35.0. The Labute approximate surface area is 96.8 Å². The van der Waals surface area contributed by atoms with E-state index in [2.05, 4.69) is 41.5 Å². The fourth-order valence-electron chi connectivity index (χ4n) is 3.47. The summed E-state index contributed by atoms with van der Waals surface area (Å²) >= 11 is 0. The molecule has 0 aromatic carbocycles. The fourth-order valence-corrected chi connectivity index (χ4v) is 3.47. The average molecular weight is 210 g/mol. The first-order chi connectivity index (χ1) is 6.99. The van der Waals surface area contributed by atoms with Crippen molar-refractivity contribution < 1.29 is 0 Å². The maximum atomic E-state index is 2.49. The smallest absolute Gasteiger partial charge is 0.0355 e. The molecule has 0 bridgehead atoms. The Morgan fingerprint density at radius 2 is 1.67 bits per heavy atom. The zero-order valence-electron chi connectivity index (χ0n) is 11.6. The summed E-state index contributed by atoms with van der Waals surface area (Å²) in [5, 5.41) is 0.